The second-order valence-corrected chi connectivity index (χ2v) is 5.01. The molecule has 2 aliphatic heterocycles. The minimum Gasteiger partial charge on any atom is -0.447 e. The molecule has 1 N–H and O–H groups in total. The van der Waals surface area contributed by atoms with E-state index in [2.05, 4.69) is 0 Å². The zero-order valence-corrected chi connectivity index (χ0v) is 10.6. The molecule has 3 atom stereocenters. The second-order valence-electron chi connectivity index (χ2n) is 5.01. The van der Waals surface area contributed by atoms with Gasteiger partial charge >= 0.3 is 6.09 Å². The van der Waals surface area contributed by atoms with Crippen LogP contribution in [0.1, 0.15) is 12.0 Å². The van der Waals surface area contributed by atoms with Gasteiger partial charge in [-0.3, -0.25) is 4.90 Å². The summed E-state index contributed by atoms with van der Waals surface area (Å²) >= 11 is 0. The third-order valence-corrected chi connectivity index (χ3v) is 3.72. The maximum Gasteiger partial charge on any atom is 0.410 e. The summed E-state index contributed by atoms with van der Waals surface area (Å²) in [4.78, 5) is 13.2. The van der Waals surface area contributed by atoms with E-state index in [1.807, 2.05) is 30.3 Å². The molecule has 1 amide bonds. The highest BCUT2D eigenvalue weighted by atomic mass is 16.6. The summed E-state index contributed by atoms with van der Waals surface area (Å²) in [6, 6.07) is 9.60. The van der Waals surface area contributed by atoms with Crippen LogP contribution in [0, 0.1) is 0 Å². The average Bonchev–Trinajstić information content (AvgIpc) is 2.94. The van der Waals surface area contributed by atoms with Crippen molar-refractivity contribution in [3.05, 3.63) is 35.9 Å². The number of hydrogen-bond donors (Lipinski definition) is 1. The summed E-state index contributed by atoms with van der Waals surface area (Å²) in [5, 5.41) is 9.87. The van der Waals surface area contributed by atoms with Gasteiger partial charge in [0.15, 0.2) is 0 Å². The van der Waals surface area contributed by atoms with Gasteiger partial charge in [-0.1, -0.05) is 30.3 Å². The molecule has 0 unspecified atom stereocenters. The van der Waals surface area contributed by atoms with Gasteiger partial charge in [-0.15, -0.1) is 0 Å². The number of nitrogens with zero attached hydrogens (tertiary/aromatic N) is 1. The Labute approximate surface area is 111 Å². The molecular formula is C14H17NO4. The minimum absolute atomic E-state index is 0.0845. The third-order valence-electron chi connectivity index (χ3n) is 3.72. The summed E-state index contributed by atoms with van der Waals surface area (Å²) in [7, 11) is 0. The predicted molar refractivity (Wildman–Crippen MR) is 67.5 cm³/mol. The Morgan fingerprint density at radius 1 is 1.37 bits per heavy atom. The van der Waals surface area contributed by atoms with Crippen LogP contribution >= 0.6 is 0 Å². The lowest BCUT2D eigenvalue weighted by Crippen LogP contribution is -2.39. The van der Waals surface area contributed by atoms with Crippen molar-refractivity contribution in [3.63, 3.8) is 0 Å². The van der Waals surface area contributed by atoms with E-state index in [1.54, 1.807) is 4.90 Å². The van der Waals surface area contributed by atoms with Gasteiger partial charge in [-0.2, -0.15) is 0 Å². The highest BCUT2D eigenvalue weighted by Crippen LogP contribution is 2.30. The molecule has 3 rings (SSSR count). The SMILES string of the molecule is O=C1OC[C@H]2[C@@H](O)C[C@H](COCc3ccccc3)N12. The van der Waals surface area contributed by atoms with Crippen molar-refractivity contribution in [1.82, 2.24) is 4.90 Å². The molecule has 102 valence electrons. The highest BCUT2D eigenvalue weighted by Gasteiger charge is 2.48. The van der Waals surface area contributed by atoms with Gasteiger partial charge in [0, 0.05) is 0 Å². The average molecular weight is 263 g/mol. The number of rotatable bonds is 4. The zero-order chi connectivity index (χ0) is 13.2. The van der Waals surface area contributed by atoms with E-state index in [4.69, 9.17) is 9.47 Å². The monoisotopic (exact) mass is 263 g/mol. The number of ether oxygens (including phenoxy) is 2. The molecule has 0 radical (unpaired) electrons. The molecule has 1 aromatic rings. The highest BCUT2D eigenvalue weighted by molar-refractivity contribution is 5.71. The molecule has 2 fully saturated rings. The summed E-state index contributed by atoms with van der Waals surface area (Å²) in [6.45, 7) is 1.23. The van der Waals surface area contributed by atoms with E-state index in [0.29, 0.717) is 19.6 Å². The van der Waals surface area contributed by atoms with Crippen LogP contribution in [0.3, 0.4) is 0 Å². The van der Waals surface area contributed by atoms with Crippen molar-refractivity contribution in [1.29, 1.82) is 0 Å². The van der Waals surface area contributed by atoms with E-state index < -0.39 is 6.10 Å². The summed E-state index contributed by atoms with van der Waals surface area (Å²) in [6.07, 6.45) is -0.277. The molecule has 5 heteroatoms. The summed E-state index contributed by atoms with van der Waals surface area (Å²) in [5.41, 5.74) is 1.10. The Balaban J connectivity index is 1.54. The Morgan fingerprint density at radius 2 is 2.16 bits per heavy atom. The van der Waals surface area contributed by atoms with E-state index in [1.165, 1.54) is 0 Å². The third kappa shape index (κ3) is 2.43. The lowest BCUT2D eigenvalue weighted by Gasteiger charge is -2.20. The molecule has 2 aliphatic rings. The van der Waals surface area contributed by atoms with Crippen LogP contribution in [0.25, 0.3) is 0 Å². The minimum atomic E-state index is -0.503. The van der Waals surface area contributed by atoms with Gasteiger partial charge in [-0.05, 0) is 12.0 Å². The Hall–Kier alpha value is -1.59. The fourth-order valence-electron chi connectivity index (χ4n) is 2.75. The Bertz CT molecular complexity index is 450. The molecule has 0 aliphatic carbocycles. The van der Waals surface area contributed by atoms with Gasteiger partial charge < -0.3 is 14.6 Å². The molecule has 19 heavy (non-hydrogen) atoms. The van der Waals surface area contributed by atoms with Crippen LogP contribution < -0.4 is 0 Å². The maximum atomic E-state index is 11.6. The first kappa shape index (κ1) is 12.4. The Morgan fingerprint density at radius 3 is 2.95 bits per heavy atom. The molecule has 2 heterocycles. The van der Waals surface area contributed by atoms with Crippen molar-refractivity contribution in [2.75, 3.05) is 13.2 Å². The molecule has 0 saturated carbocycles. The van der Waals surface area contributed by atoms with Gasteiger partial charge in [0.1, 0.15) is 6.61 Å². The van der Waals surface area contributed by atoms with Gasteiger partial charge in [0.25, 0.3) is 0 Å². The second kappa shape index (κ2) is 5.19. The molecule has 0 bridgehead atoms. The molecule has 2 saturated heterocycles. The normalized spacial score (nSPS) is 29.4. The number of carbonyl (C=O) groups is 1. The Kier molecular flexibility index (Phi) is 3.40. The van der Waals surface area contributed by atoms with Crippen molar-refractivity contribution >= 4 is 6.09 Å². The molecule has 0 spiro atoms. The first-order chi connectivity index (χ1) is 9.25. The first-order valence-corrected chi connectivity index (χ1v) is 6.50. The van der Waals surface area contributed by atoms with Crippen molar-refractivity contribution < 1.29 is 19.4 Å². The van der Waals surface area contributed by atoms with Crippen LogP contribution in [0.5, 0.6) is 0 Å². The van der Waals surface area contributed by atoms with Crippen LogP contribution in [-0.4, -0.2) is 47.5 Å². The number of aliphatic hydroxyl groups is 1. The summed E-state index contributed by atoms with van der Waals surface area (Å²) in [5.74, 6) is 0. The van der Waals surface area contributed by atoms with Crippen molar-refractivity contribution in [3.8, 4) is 0 Å². The van der Waals surface area contributed by atoms with Gasteiger partial charge in [0.2, 0.25) is 0 Å². The number of hydrogen-bond acceptors (Lipinski definition) is 4. The molecule has 5 nitrogen and oxygen atoms in total. The van der Waals surface area contributed by atoms with E-state index >= 15 is 0 Å². The van der Waals surface area contributed by atoms with Crippen LogP contribution in [0.2, 0.25) is 0 Å². The van der Waals surface area contributed by atoms with Crippen molar-refractivity contribution in [2.45, 2.75) is 31.2 Å². The van der Waals surface area contributed by atoms with Crippen LogP contribution in [0.15, 0.2) is 30.3 Å². The molecule has 1 aromatic carbocycles. The van der Waals surface area contributed by atoms with Gasteiger partial charge in [0.05, 0.1) is 31.4 Å². The fourth-order valence-corrected chi connectivity index (χ4v) is 2.75. The van der Waals surface area contributed by atoms with Crippen LogP contribution in [-0.2, 0) is 16.1 Å². The molecular weight excluding hydrogens is 246 g/mol. The number of amides is 1. The summed E-state index contributed by atoms with van der Waals surface area (Å²) < 4.78 is 10.6. The quantitative estimate of drug-likeness (QED) is 0.885. The molecule has 0 aromatic heterocycles. The van der Waals surface area contributed by atoms with E-state index in [0.717, 1.165) is 5.56 Å². The number of benzene rings is 1. The number of fused-ring (bicyclic) bond motifs is 1. The zero-order valence-electron chi connectivity index (χ0n) is 10.6. The van der Waals surface area contributed by atoms with Crippen molar-refractivity contribution in [2.24, 2.45) is 0 Å². The van der Waals surface area contributed by atoms with Crippen LogP contribution in [0.4, 0.5) is 4.79 Å². The first-order valence-electron chi connectivity index (χ1n) is 6.50. The largest absolute Gasteiger partial charge is 0.447 e. The predicted octanol–water partition coefficient (Wildman–Crippen LogP) is 1.16. The van der Waals surface area contributed by atoms with Gasteiger partial charge in [-0.25, -0.2) is 4.79 Å². The maximum absolute atomic E-state index is 11.6. The fraction of sp³-hybridized carbons (Fsp3) is 0.500. The number of carbonyl (C=O) groups excluding carboxylic acids is 1. The number of cyclic esters (lactones) is 1. The smallest absolute Gasteiger partial charge is 0.410 e. The standard InChI is InChI=1S/C14H17NO4/c16-13-6-11(15-12(13)9-19-14(15)17)8-18-7-10-4-2-1-3-5-10/h1-5,11-13,16H,6-9H2/t11-,12+,13+/m1/s1. The lowest BCUT2D eigenvalue weighted by atomic mass is 10.1. The lowest BCUT2D eigenvalue weighted by molar-refractivity contribution is 0.0698. The topological polar surface area (TPSA) is 59.0 Å². The van der Waals surface area contributed by atoms with E-state index in [9.17, 15) is 9.90 Å². The van der Waals surface area contributed by atoms with E-state index in [-0.39, 0.29) is 24.8 Å². The number of aliphatic hydroxyl groups excluding tert-OH is 1.